The summed E-state index contributed by atoms with van der Waals surface area (Å²) in [6.07, 6.45) is 3.44. The van der Waals surface area contributed by atoms with E-state index in [4.69, 9.17) is 5.73 Å². The van der Waals surface area contributed by atoms with Gasteiger partial charge < -0.3 is 11.1 Å². The molecule has 3 aromatic heterocycles. The predicted octanol–water partition coefficient (Wildman–Crippen LogP) is 2.68. The Morgan fingerprint density at radius 1 is 1.34 bits per heavy atom. The second-order valence-electron chi connectivity index (χ2n) is 6.80. The zero-order chi connectivity index (χ0) is 20.4. The van der Waals surface area contributed by atoms with E-state index in [0.29, 0.717) is 6.54 Å². The van der Waals surface area contributed by atoms with Crippen molar-refractivity contribution in [1.82, 2.24) is 19.3 Å². The molecule has 0 unspecified atom stereocenters. The highest BCUT2D eigenvalue weighted by molar-refractivity contribution is 7.15. The van der Waals surface area contributed by atoms with Crippen molar-refractivity contribution in [3.8, 4) is 10.4 Å². The normalized spacial score (nSPS) is 13.1. The van der Waals surface area contributed by atoms with Crippen LogP contribution < -0.4 is 16.7 Å². The molecule has 0 bridgehead atoms. The molecule has 0 spiro atoms. The largest absolute Gasteiger partial charge is 0.370 e. The van der Waals surface area contributed by atoms with E-state index in [2.05, 4.69) is 21.5 Å². The van der Waals surface area contributed by atoms with Crippen molar-refractivity contribution < 1.29 is 8.78 Å². The van der Waals surface area contributed by atoms with E-state index < -0.39 is 11.8 Å². The summed E-state index contributed by atoms with van der Waals surface area (Å²) in [6, 6.07) is 6.11. The van der Waals surface area contributed by atoms with Gasteiger partial charge in [0.2, 0.25) is 0 Å². The van der Waals surface area contributed by atoms with Gasteiger partial charge in [-0.15, -0.1) is 11.3 Å². The van der Waals surface area contributed by atoms with E-state index in [9.17, 15) is 13.6 Å². The maximum atomic E-state index is 12.8. The molecular formula is C19H20F2N6OS. The Bertz CT molecular complexity index is 1110. The number of nitrogens with zero attached hydrogens (tertiary/aromatic N) is 4. The Hall–Kier alpha value is -2.85. The fraction of sp³-hybridized carbons (Fsp3) is 0.316. The Kier molecular flexibility index (Phi) is 5.54. The lowest BCUT2D eigenvalue weighted by atomic mass is 10.0. The Balaban J connectivity index is 1.52. The Morgan fingerprint density at radius 3 is 3.00 bits per heavy atom. The summed E-state index contributed by atoms with van der Waals surface area (Å²) in [5, 5.41) is 7.23. The standard InChI is InChI=1S/C19H20F2N6OS/c20-17(21)14(7-22)9-27-19(28)26(11-25-27)10-15-3-4-16(29-15)13-6-12-2-1-5-23-18(12)24-8-13/h3-4,6,8,11H,1-2,5,7,9-10,22H2,(H,23,24). The predicted molar refractivity (Wildman–Crippen MR) is 108 cm³/mol. The van der Waals surface area contributed by atoms with Gasteiger partial charge in [0.05, 0.1) is 13.1 Å². The minimum absolute atomic E-state index is 0.301. The average molecular weight is 418 g/mol. The molecule has 10 heteroatoms. The summed E-state index contributed by atoms with van der Waals surface area (Å²) in [5.41, 5.74) is 6.81. The highest BCUT2D eigenvalue weighted by Gasteiger charge is 2.14. The van der Waals surface area contributed by atoms with Crippen LogP contribution in [-0.4, -0.2) is 32.4 Å². The summed E-state index contributed by atoms with van der Waals surface area (Å²) in [6.45, 7) is 0.643. The number of aromatic nitrogens is 4. The molecule has 4 heterocycles. The van der Waals surface area contributed by atoms with Crippen LogP contribution in [0.25, 0.3) is 10.4 Å². The molecule has 0 saturated carbocycles. The number of hydrogen-bond donors (Lipinski definition) is 2. The number of thiophene rings is 1. The number of anilines is 1. The van der Waals surface area contributed by atoms with Crippen molar-refractivity contribution in [3.63, 3.8) is 0 Å². The minimum atomic E-state index is -1.87. The molecule has 0 saturated heterocycles. The van der Waals surface area contributed by atoms with Crippen LogP contribution in [0.4, 0.5) is 14.6 Å². The molecule has 4 rings (SSSR count). The Labute approximate surface area is 169 Å². The third-order valence-electron chi connectivity index (χ3n) is 4.81. The van der Waals surface area contributed by atoms with Crippen LogP contribution in [0.1, 0.15) is 16.9 Å². The second-order valence-corrected chi connectivity index (χ2v) is 7.96. The average Bonchev–Trinajstić information content (AvgIpc) is 3.33. The zero-order valence-corrected chi connectivity index (χ0v) is 16.4. The van der Waals surface area contributed by atoms with Crippen LogP contribution in [-0.2, 0) is 19.5 Å². The van der Waals surface area contributed by atoms with E-state index in [-0.39, 0.29) is 18.7 Å². The monoisotopic (exact) mass is 418 g/mol. The lowest BCUT2D eigenvalue weighted by Crippen LogP contribution is -2.27. The molecule has 7 nitrogen and oxygen atoms in total. The number of aryl methyl sites for hydroxylation is 1. The van der Waals surface area contributed by atoms with Crippen molar-refractivity contribution in [2.45, 2.75) is 25.9 Å². The molecule has 3 N–H and O–H groups in total. The summed E-state index contributed by atoms with van der Waals surface area (Å²) in [7, 11) is 0. The van der Waals surface area contributed by atoms with Crippen LogP contribution in [0.15, 0.2) is 47.2 Å². The number of nitrogens with two attached hydrogens (primary N) is 1. The molecule has 1 aliphatic rings. The van der Waals surface area contributed by atoms with Crippen LogP contribution in [0.5, 0.6) is 0 Å². The number of pyridine rings is 1. The SMILES string of the molecule is NCC(Cn1ncn(Cc2ccc(-c3cnc4c(c3)CCCN4)s2)c1=O)=C(F)F. The molecule has 0 atom stereocenters. The molecular weight excluding hydrogens is 398 g/mol. The first kappa shape index (κ1) is 19.5. The summed E-state index contributed by atoms with van der Waals surface area (Å²) < 4.78 is 28.0. The summed E-state index contributed by atoms with van der Waals surface area (Å²) in [5.74, 6) is 0.950. The molecule has 0 fully saturated rings. The highest BCUT2D eigenvalue weighted by Crippen LogP contribution is 2.31. The van der Waals surface area contributed by atoms with Crippen molar-refractivity contribution in [3.05, 3.63) is 63.3 Å². The number of fused-ring (bicyclic) bond motifs is 1. The fourth-order valence-electron chi connectivity index (χ4n) is 3.24. The molecule has 29 heavy (non-hydrogen) atoms. The van der Waals surface area contributed by atoms with Crippen molar-refractivity contribution >= 4 is 17.2 Å². The van der Waals surface area contributed by atoms with E-state index in [1.54, 1.807) is 11.3 Å². The van der Waals surface area contributed by atoms with Crippen LogP contribution in [0.3, 0.4) is 0 Å². The summed E-state index contributed by atoms with van der Waals surface area (Å²) in [4.78, 5) is 19.0. The van der Waals surface area contributed by atoms with Crippen LogP contribution in [0, 0.1) is 0 Å². The quantitative estimate of drug-likeness (QED) is 0.642. The van der Waals surface area contributed by atoms with Gasteiger partial charge >= 0.3 is 5.69 Å². The van der Waals surface area contributed by atoms with E-state index >= 15 is 0 Å². The lowest BCUT2D eigenvalue weighted by molar-refractivity contribution is 0.400. The number of hydrogen-bond acceptors (Lipinski definition) is 6. The maximum Gasteiger partial charge on any atom is 0.346 e. The molecule has 0 radical (unpaired) electrons. The third-order valence-corrected chi connectivity index (χ3v) is 5.92. The molecule has 152 valence electrons. The Morgan fingerprint density at radius 2 is 2.21 bits per heavy atom. The first-order valence-electron chi connectivity index (χ1n) is 9.22. The molecule has 1 aliphatic heterocycles. The molecule has 3 aromatic rings. The topological polar surface area (TPSA) is 90.8 Å². The van der Waals surface area contributed by atoms with Gasteiger partial charge in [-0.3, -0.25) is 4.57 Å². The molecule has 0 aliphatic carbocycles. The first-order valence-corrected chi connectivity index (χ1v) is 10.0. The molecule has 0 amide bonds. The maximum absolute atomic E-state index is 12.8. The fourth-order valence-corrected chi connectivity index (χ4v) is 4.23. The van der Waals surface area contributed by atoms with Crippen LogP contribution in [0.2, 0.25) is 0 Å². The van der Waals surface area contributed by atoms with Crippen LogP contribution >= 0.6 is 11.3 Å². The third kappa shape index (κ3) is 4.13. The first-order chi connectivity index (χ1) is 14.0. The smallest absolute Gasteiger partial charge is 0.346 e. The number of halogens is 2. The van der Waals surface area contributed by atoms with Gasteiger partial charge in [-0.25, -0.2) is 14.5 Å². The van der Waals surface area contributed by atoms with Gasteiger partial charge in [-0.1, -0.05) is 0 Å². The van der Waals surface area contributed by atoms with Crippen molar-refractivity contribution in [2.24, 2.45) is 5.73 Å². The lowest BCUT2D eigenvalue weighted by Gasteiger charge is -2.17. The number of rotatable bonds is 6. The zero-order valence-electron chi connectivity index (χ0n) is 15.6. The van der Waals surface area contributed by atoms with E-state index in [1.165, 1.54) is 16.5 Å². The van der Waals surface area contributed by atoms with Gasteiger partial charge in [0.1, 0.15) is 12.1 Å². The van der Waals surface area contributed by atoms with E-state index in [0.717, 1.165) is 45.2 Å². The van der Waals surface area contributed by atoms with Gasteiger partial charge in [-0.2, -0.15) is 13.9 Å². The number of nitrogens with one attached hydrogen (secondary N) is 1. The summed E-state index contributed by atoms with van der Waals surface area (Å²) >= 11 is 1.57. The van der Waals surface area contributed by atoms with Gasteiger partial charge in [0.25, 0.3) is 6.08 Å². The van der Waals surface area contributed by atoms with Gasteiger partial charge in [0, 0.05) is 40.2 Å². The van der Waals surface area contributed by atoms with E-state index in [1.807, 2.05) is 18.3 Å². The highest BCUT2D eigenvalue weighted by atomic mass is 32.1. The van der Waals surface area contributed by atoms with Gasteiger partial charge in [-0.05, 0) is 36.6 Å². The van der Waals surface area contributed by atoms with Crippen molar-refractivity contribution in [2.75, 3.05) is 18.4 Å². The minimum Gasteiger partial charge on any atom is -0.370 e. The van der Waals surface area contributed by atoms with Gasteiger partial charge in [0.15, 0.2) is 0 Å². The second kappa shape index (κ2) is 8.26. The molecule has 0 aromatic carbocycles. The van der Waals surface area contributed by atoms with Crippen molar-refractivity contribution in [1.29, 1.82) is 0 Å².